The molecule has 0 aliphatic heterocycles. The van der Waals surface area contributed by atoms with Crippen LogP contribution in [0.15, 0.2) is 12.1 Å². The maximum atomic E-state index is 12.5. The number of likely N-dealkylation sites (N-methyl/N-ethyl adjacent to an activating group) is 1. The highest BCUT2D eigenvalue weighted by Gasteiger charge is 2.39. The van der Waals surface area contributed by atoms with Crippen molar-refractivity contribution in [1.82, 2.24) is 4.90 Å². The summed E-state index contributed by atoms with van der Waals surface area (Å²) in [5, 5.41) is 0. The Morgan fingerprint density at radius 1 is 1.63 bits per heavy atom. The Morgan fingerprint density at radius 3 is 2.95 bits per heavy atom. The largest absolute Gasteiger partial charge is 0.339 e. The van der Waals surface area contributed by atoms with Gasteiger partial charge in [0.2, 0.25) is 5.91 Å². The standard InChI is InChI=1S/C14H21ClN2OS/c1-10-4-3-7-14(16,8-10)13(18)17(2)9-11-5-6-12(15)19-11/h5-6,10H,3-4,7-9,16H2,1-2H3. The summed E-state index contributed by atoms with van der Waals surface area (Å²) >= 11 is 7.42. The second kappa shape index (κ2) is 5.81. The molecular weight excluding hydrogens is 280 g/mol. The van der Waals surface area contributed by atoms with Crippen LogP contribution in [-0.2, 0) is 11.3 Å². The highest BCUT2D eigenvalue weighted by Crippen LogP contribution is 2.32. The van der Waals surface area contributed by atoms with Crippen molar-refractivity contribution in [3.63, 3.8) is 0 Å². The Kier molecular flexibility index (Phi) is 4.54. The van der Waals surface area contributed by atoms with Crippen LogP contribution in [0.4, 0.5) is 0 Å². The van der Waals surface area contributed by atoms with Crippen LogP contribution in [-0.4, -0.2) is 23.4 Å². The Balaban J connectivity index is 2.01. The van der Waals surface area contributed by atoms with E-state index < -0.39 is 5.54 Å². The van der Waals surface area contributed by atoms with E-state index in [1.807, 2.05) is 19.2 Å². The lowest BCUT2D eigenvalue weighted by Gasteiger charge is -2.38. The average Bonchev–Trinajstić information content (AvgIpc) is 2.73. The van der Waals surface area contributed by atoms with Crippen molar-refractivity contribution in [2.24, 2.45) is 11.7 Å². The summed E-state index contributed by atoms with van der Waals surface area (Å²) in [5.74, 6) is 0.593. The molecule has 2 atom stereocenters. The lowest BCUT2D eigenvalue weighted by atomic mass is 9.76. The van der Waals surface area contributed by atoms with Gasteiger partial charge in [0.25, 0.3) is 0 Å². The van der Waals surface area contributed by atoms with E-state index in [9.17, 15) is 4.79 Å². The van der Waals surface area contributed by atoms with Crippen molar-refractivity contribution in [3.8, 4) is 0 Å². The minimum Gasteiger partial charge on any atom is -0.339 e. The molecule has 3 nitrogen and oxygen atoms in total. The molecule has 0 saturated heterocycles. The van der Waals surface area contributed by atoms with Crippen molar-refractivity contribution in [3.05, 3.63) is 21.3 Å². The smallest absolute Gasteiger partial charge is 0.242 e. The number of nitrogens with two attached hydrogens (primary N) is 1. The van der Waals surface area contributed by atoms with E-state index in [0.717, 1.165) is 28.5 Å². The van der Waals surface area contributed by atoms with E-state index in [0.29, 0.717) is 12.5 Å². The number of hydrogen-bond acceptors (Lipinski definition) is 3. The number of halogens is 1. The minimum atomic E-state index is -0.673. The molecule has 0 spiro atoms. The van der Waals surface area contributed by atoms with Gasteiger partial charge in [-0.3, -0.25) is 4.79 Å². The fourth-order valence-corrected chi connectivity index (χ4v) is 4.05. The van der Waals surface area contributed by atoms with Gasteiger partial charge in [-0.1, -0.05) is 31.4 Å². The van der Waals surface area contributed by atoms with Crippen LogP contribution < -0.4 is 5.73 Å². The fraction of sp³-hybridized carbons (Fsp3) is 0.643. The van der Waals surface area contributed by atoms with Gasteiger partial charge in [-0.25, -0.2) is 0 Å². The van der Waals surface area contributed by atoms with Crippen LogP contribution in [0.3, 0.4) is 0 Å². The van der Waals surface area contributed by atoms with E-state index in [2.05, 4.69) is 6.92 Å². The van der Waals surface area contributed by atoms with E-state index in [-0.39, 0.29) is 5.91 Å². The summed E-state index contributed by atoms with van der Waals surface area (Å²) in [4.78, 5) is 15.4. The molecule has 0 radical (unpaired) electrons. The molecule has 1 saturated carbocycles. The normalized spacial score (nSPS) is 27.3. The van der Waals surface area contributed by atoms with Gasteiger partial charge in [-0.15, -0.1) is 11.3 Å². The van der Waals surface area contributed by atoms with E-state index >= 15 is 0 Å². The average molecular weight is 301 g/mol. The van der Waals surface area contributed by atoms with Gasteiger partial charge >= 0.3 is 0 Å². The summed E-state index contributed by atoms with van der Waals surface area (Å²) in [7, 11) is 1.82. The maximum Gasteiger partial charge on any atom is 0.242 e. The summed E-state index contributed by atoms with van der Waals surface area (Å²) < 4.78 is 0.754. The first-order chi connectivity index (χ1) is 8.90. The molecular formula is C14H21ClN2OS. The monoisotopic (exact) mass is 300 g/mol. The van der Waals surface area contributed by atoms with Gasteiger partial charge in [0, 0.05) is 11.9 Å². The molecule has 5 heteroatoms. The second-order valence-corrected chi connectivity index (χ2v) is 7.52. The van der Waals surface area contributed by atoms with Crippen molar-refractivity contribution < 1.29 is 4.79 Å². The van der Waals surface area contributed by atoms with Gasteiger partial charge in [-0.05, 0) is 30.9 Å². The number of carbonyl (C=O) groups is 1. The van der Waals surface area contributed by atoms with Crippen LogP contribution in [0.1, 0.15) is 37.5 Å². The molecule has 2 unspecified atom stereocenters. The lowest BCUT2D eigenvalue weighted by Crippen LogP contribution is -2.56. The van der Waals surface area contributed by atoms with Gasteiger partial charge < -0.3 is 10.6 Å². The van der Waals surface area contributed by atoms with Crippen molar-refractivity contribution >= 4 is 28.8 Å². The third kappa shape index (κ3) is 3.50. The van der Waals surface area contributed by atoms with Gasteiger partial charge in [0.1, 0.15) is 0 Å². The zero-order valence-corrected chi connectivity index (χ0v) is 13.1. The molecule has 2 rings (SSSR count). The molecule has 0 aromatic carbocycles. The molecule has 1 aliphatic carbocycles. The Labute approximate surface area is 123 Å². The topological polar surface area (TPSA) is 46.3 Å². The molecule has 1 aromatic rings. The number of thiophene rings is 1. The molecule has 1 aromatic heterocycles. The molecule has 2 N–H and O–H groups in total. The van der Waals surface area contributed by atoms with Crippen molar-refractivity contribution in [2.75, 3.05) is 7.05 Å². The number of nitrogens with zero attached hydrogens (tertiary/aromatic N) is 1. The molecule has 1 heterocycles. The number of amides is 1. The second-order valence-electron chi connectivity index (χ2n) is 5.72. The molecule has 1 fully saturated rings. The van der Waals surface area contributed by atoms with E-state index in [4.69, 9.17) is 17.3 Å². The van der Waals surface area contributed by atoms with Crippen LogP contribution in [0.25, 0.3) is 0 Å². The summed E-state index contributed by atoms with van der Waals surface area (Å²) in [6.45, 7) is 2.76. The number of hydrogen-bond donors (Lipinski definition) is 1. The summed E-state index contributed by atoms with van der Waals surface area (Å²) in [5.41, 5.74) is 5.67. The van der Waals surface area contributed by atoms with Crippen LogP contribution >= 0.6 is 22.9 Å². The molecule has 0 bridgehead atoms. The SMILES string of the molecule is CC1CCCC(N)(C(=O)N(C)Cc2ccc(Cl)s2)C1. The first-order valence-corrected chi connectivity index (χ1v) is 7.89. The highest BCUT2D eigenvalue weighted by atomic mass is 35.5. The zero-order chi connectivity index (χ0) is 14.0. The number of carbonyl (C=O) groups excluding carboxylic acids is 1. The van der Waals surface area contributed by atoms with E-state index in [1.165, 1.54) is 17.8 Å². The van der Waals surface area contributed by atoms with Crippen molar-refractivity contribution in [1.29, 1.82) is 0 Å². The molecule has 1 amide bonds. The molecule has 19 heavy (non-hydrogen) atoms. The van der Waals surface area contributed by atoms with Crippen molar-refractivity contribution in [2.45, 2.75) is 44.7 Å². The molecule has 106 valence electrons. The third-order valence-corrected chi connectivity index (χ3v) is 5.04. The maximum absolute atomic E-state index is 12.5. The predicted octanol–water partition coefficient (Wildman–Crippen LogP) is 3.27. The summed E-state index contributed by atoms with van der Waals surface area (Å²) in [6.07, 6.45) is 3.81. The van der Waals surface area contributed by atoms with E-state index in [1.54, 1.807) is 4.90 Å². The fourth-order valence-electron chi connectivity index (χ4n) is 2.91. The van der Waals surface area contributed by atoms with Gasteiger partial charge in [0.15, 0.2) is 0 Å². The minimum absolute atomic E-state index is 0.0589. The molecule has 1 aliphatic rings. The van der Waals surface area contributed by atoms with Gasteiger partial charge in [0.05, 0.1) is 16.4 Å². The van der Waals surface area contributed by atoms with Crippen LogP contribution in [0, 0.1) is 5.92 Å². The quantitative estimate of drug-likeness (QED) is 0.931. The number of rotatable bonds is 3. The highest BCUT2D eigenvalue weighted by molar-refractivity contribution is 7.16. The lowest BCUT2D eigenvalue weighted by molar-refractivity contribution is -0.138. The Hall–Kier alpha value is -0.580. The summed E-state index contributed by atoms with van der Waals surface area (Å²) in [6, 6.07) is 3.82. The Morgan fingerprint density at radius 2 is 2.37 bits per heavy atom. The van der Waals surface area contributed by atoms with Crippen LogP contribution in [0.5, 0.6) is 0 Å². The van der Waals surface area contributed by atoms with Crippen LogP contribution in [0.2, 0.25) is 4.34 Å². The third-order valence-electron chi connectivity index (χ3n) is 3.83. The zero-order valence-electron chi connectivity index (χ0n) is 11.5. The predicted molar refractivity (Wildman–Crippen MR) is 80.4 cm³/mol. The van der Waals surface area contributed by atoms with Gasteiger partial charge in [-0.2, -0.15) is 0 Å². The first-order valence-electron chi connectivity index (χ1n) is 6.69. The first kappa shape index (κ1) is 14.8. The Bertz CT molecular complexity index is 462.